The Morgan fingerprint density at radius 1 is 1.46 bits per heavy atom. The maximum Gasteiger partial charge on any atom is 0.209 e. The third-order valence-corrected chi connectivity index (χ3v) is 2.99. The van der Waals surface area contributed by atoms with Crippen molar-refractivity contribution >= 4 is 6.41 Å². The quantitative estimate of drug-likeness (QED) is 0.613. The second-order valence-corrected chi connectivity index (χ2v) is 4.27. The molecule has 13 heavy (non-hydrogen) atoms. The Morgan fingerprint density at radius 3 is 2.77 bits per heavy atom. The predicted molar refractivity (Wildman–Crippen MR) is 54.5 cm³/mol. The van der Waals surface area contributed by atoms with Crippen LogP contribution in [0.2, 0.25) is 0 Å². The maximum absolute atomic E-state index is 10.8. The van der Waals surface area contributed by atoms with E-state index in [4.69, 9.17) is 0 Å². The first-order chi connectivity index (χ1) is 6.27. The van der Waals surface area contributed by atoms with Crippen LogP contribution in [0.1, 0.15) is 46.0 Å². The molecule has 0 spiro atoms. The number of hydrogen-bond acceptors (Lipinski definition) is 1. The molecule has 1 aliphatic rings. The minimum atomic E-state index is 0.529. The lowest BCUT2D eigenvalue weighted by atomic mass is 9.86. The lowest BCUT2D eigenvalue weighted by Gasteiger charge is -2.34. The Bertz CT molecular complexity index is 158. The van der Waals surface area contributed by atoms with Gasteiger partial charge in [0.2, 0.25) is 6.41 Å². The van der Waals surface area contributed by atoms with E-state index in [1.165, 1.54) is 25.7 Å². The number of carbonyl (C=O) groups is 1. The van der Waals surface area contributed by atoms with Crippen molar-refractivity contribution in [3.8, 4) is 0 Å². The Morgan fingerprint density at radius 2 is 2.23 bits per heavy atom. The predicted octanol–water partition coefficient (Wildman–Crippen LogP) is 2.43. The Labute approximate surface area is 81.3 Å². The first-order valence-corrected chi connectivity index (χ1v) is 5.49. The molecule has 2 heteroatoms. The van der Waals surface area contributed by atoms with E-state index in [0.717, 1.165) is 25.3 Å². The largest absolute Gasteiger partial charge is 0.342 e. The Kier molecular flexibility index (Phi) is 4.26. The summed E-state index contributed by atoms with van der Waals surface area (Å²) in [5.41, 5.74) is 0. The summed E-state index contributed by atoms with van der Waals surface area (Å²) in [4.78, 5) is 12.8. The fourth-order valence-corrected chi connectivity index (χ4v) is 2.28. The molecule has 1 saturated carbocycles. The third kappa shape index (κ3) is 3.02. The van der Waals surface area contributed by atoms with Gasteiger partial charge in [0.15, 0.2) is 0 Å². The molecule has 2 unspecified atom stereocenters. The van der Waals surface area contributed by atoms with E-state index in [1.54, 1.807) is 0 Å². The van der Waals surface area contributed by atoms with Crippen LogP contribution in [0.4, 0.5) is 0 Å². The molecular formula is C11H21NO. The second kappa shape index (κ2) is 5.25. The fourth-order valence-electron chi connectivity index (χ4n) is 2.28. The molecular weight excluding hydrogens is 162 g/mol. The molecule has 0 radical (unpaired) electrons. The molecule has 2 atom stereocenters. The van der Waals surface area contributed by atoms with Gasteiger partial charge in [-0.25, -0.2) is 0 Å². The normalized spacial score (nSPS) is 28.5. The molecule has 2 nitrogen and oxygen atoms in total. The van der Waals surface area contributed by atoms with Gasteiger partial charge in [0.05, 0.1) is 0 Å². The van der Waals surface area contributed by atoms with Crippen molar-refractivity contribution in [2.75, 3.05) is 6.54 Å². The Hall–Kier alpha value is -0.530. The second-order valence-electron chi connectivity index (χ2n) is 4.27. The molecule has 0 bridgehead atoms. The van der Waals surface area contributed by atoms with Crippen molar-refractivity contribution < 1.29 is 4.79 Å². The third-order valence-electron chi connectivity index (χ3n) is 2.99. The molecule has 76 valence electrons. The van der Waals surface area contributed by atoms with Crippen LogP contribution >= 0.6 is 0 Å². The van der Waals surface area contributed by atoms with Crippen molar-refractivity contribution in [2.45, 2.75) is 52.0 Å². The standard InChI is InChI=1S/C11H21NO/c1-3-7-12(9-13)11-6-4-5-10(2)8-11/h9-11H,3-8H2,1-2H3. The average molecular weight is 183 g/mol. The molecule has 0 aromatic carbocycles. The van der Waals surface area contributed by atoms with Crippen molar-refractivity contribution in [3.63, 3.8) is 0 Å². The van der Waals surface area contributed by atoms with Gasteiger partial charge < -0.3 is 4.90 Å². The summed E-state index contributed by atoms with van der Waals surface area (Å²) in [6.07, 6.45) is 7.16. The van der Waals surface area contributed by atoms with Gasteiger partial charge in [0.25, 0.3) is 0 Å². The van der Waals surface area contributed by atoms with Gasteiger partial charge in [-0.15, -0.1) is 0 Å². The van der Waals surface area contributed by atoms with Crippen molar-refractivity contribution in [1.82, 2.24) is 4.90 Å². The van der Waals surface area contributed by atoms with Gasteiger partial charge in [-0.1, -0.05) is 26.7 Å². The molecule has 1 amide bonds. The molecule has 1 fully saturated rings. The highest BCUT2D eigenvalue weighted by Crippen LogP contribution is 2.26. The molecule has 0 heterocycles. The summed E-state index contributed by atoms with van der Waals surface area (Å²) in [6, 6.07) is 0.529. The number of amides is 1. The number of rotatable bonds is 4. The van der Waals surface area contributed by atoms with Crippen LogP contribution < -0.4 is 0 Å². The van der Waals surface area contributed by atoms with E-state index < -0.39 is 0 Å². The molecule has 0 N–H and O–H groups in total. The summed E-state index contributed by atoms with van der Waals surface area (Å²) in [5, 5.41) is 0. The van der Waals surface area contributed by atoms with Crippen LogP contribution in [0.15, 0.2) is 0 Å². The van der Waals surface area contributed by atoms with Crippen LogP contribution in [0.3, 0.4) is 0 Å². The van der Waals surface area contributed by atoms with Crippen LogP contribution in [0.5, 0.6) is 0 Å². The summed E-state index contributed by atoms with van der Waals surface area (Å²) in [6.45, 7) is 5.35. The molecule has 1 aliphatic carbocycles. The first-order valence-electron chi connectivity index (χ1n) is 5.49. The minimum Gasteiger partial charge on any atom is -0.342 e. The van der Waals surface area contributed by atoms with Gasteiger partial charge in [-0.05, 0) is 25.2 Å². The fraction of sp³-hybridized carbons (Fsp3) is 0.909. The van der Waals surface area contributed by atoms with Gasteiger partial charge in [0.1, 0.15) is 0 Å². The highest BCUT2D eigenvalue weighted by atomic mass is 16.1. The van der Waals surface area contributed by atoms with E-state index >= 15 is 0 Å². The zero-order valence-electron chi connectivity index (χ0n) is 8.83. The summed E-state index contributed by atoms with van der Waals surface area (Å²) >= 11 is 0. The first kappa shape index (κ1) is 10.6. The van der Waals surface area contributed by atoms with Crippen LogP contribution in [0, 0.1) is 5.92 Å². The number of carbonyl (C=O) groups excluding carboxylic acids is 1. The summed E-state index contributed by atoms with van der Waals surface area (Å²) < 4.78 is 0. The van der Waals surface area contributed by atoms with Crippen LogP contribution in [0.25, 0.3) is 0 Å². The van der Waals surface area contributed by atoms with E-state index in [1.807, 2.05) is 4.90 Å². The summed E-state index contributed by atoms with van der Waals surface area (Å²) in [5.74, 6) is 0.804. The van der Waals surface area contributed by atoms with E-state index in [2.05, 4.69) is 13.8 Å². The van der Waals surface area contributed by atoms with Gasteiger partial charge in [-0.2, -0.15) is 0 Å². The van der Waals surface area contributed by atoms with Crippen LogP contribution in [-0.2, 0) is 4.79 Å². The lowest BCUT2D eigenvalue weighted by Crippen LogP contribution is -2.37. The number of hydrogen-bond donors (Lipinski definition) is 0. The van der Waals surface area contributed by atoms with E-state index in [9.17, 15) is 4.79 Å². The highest BCUT2D eigenvalue weighted by Gasteiger charge is 2.22. The van der Waals surface area contributed by atoms with E-state index in [0.29, 0.717) is 6.04 Å². The van der Waals surface area contributed by atoms with Gasteiger partial charge >= 0.3 is 0 Å². The minimum absolute atomic E-state index is 0.529. The van der Waals surface area contributed by atoms with Crippen molar-refractivity contribution in [2.24, 2.45) is 5.92 Å². The zero-order valence-corrected chi connectivity index (χ0v) is 8.83. The Balaban J connectivity index is 2.42. The topological polar surface area (TPSA) is 20.3 Å². The van der Waals surface area contributed by atoms with E-state index in [-0.39, 0.29) is 0 Å². The molecule has 0 aromatic rings. The highest BCUT2D eigenvalue weighted by molar-refractivity contribution is 5.47. The van der Waals surface area contributed by atoms with Gasteiger partial charge in [0, 0.05) is 12.6 Å². The molecule has 0 aliphatic heterocycles. The molecule has 0 saturated heterocycles. The van der Waals surface area contributed by atoms with Crippen molar-refractivity contribution in [1.29, 1.82) is 0 Å². The smallest absolute Gasteiger partial charge is 0.209 e. The maximum atomic E-state index is 10.8. The molecule has 0 aromatic heterocycles. The van der Waals surface area contributed by atoms with Crippen molar-refractivity contribution in [3.05, 3.63) is 0 Å². The average Bonchev–Trinajstić information content (AvgIpc) is 2.14. The van der Waals surface area contributed by atoms with Gasteiger partial charge in [-0.3, -0.25) is 4.79 Å². The van der Waals surface area contributed by atoms with Crippen LogP contribution in [-0.4, -0.2) is 23.9 Å². The SMILES string of the molecule is CCCN(C=O)C1CCCC(C)C1. The monoisotopic (exact) mass is 183 g/mol. The summed E-state index contributed by atoms with van der Waals surface area (Å²) in [7, 11) is 0. The zero-order chi connectivity index (χ0) is 9.68. The number of nitrogens with zero attached hydrogens (tertiary/aromatic N) is 1. The molecule has 1 rings (SSSR count). The lowest BCUT2D eigenvalue weighted by molar-refractivity contribution is -0.121.